The van der Waals surface area contributed by atoms with E-state index in [9.17, 15) is 22.4 Å². The average Bonchev–Trinajstić information content (AvgIpc) is 2.10. The maximum Gasteiger partial charge on any atom is 0.384 e. The molecule has 0 bridgehead atoms. The van der Waals surface area contributed by atoms with Gasteiger partial charge < -0.3 is 0 Å². The standard InChI is InChI=1S/C8H2Cl2F4O/c9-4-1-3(2-5(11)6(4)12)7(15)8(10,13)14/h1-2H. The molecule has 0 heterocycles. The van der Waals surface area contributed by atoms with Gasteiger partial charge in [0.1, 0.15) is 0 Å². The third-order valence-electron chi connectivity index (χ3n) is 1.50. The van der Waals surface area contributed by atoms with Crippen LogP contribution >= 0.6 is 23.2 Å². The van der Waals surface area contributed by atoms with Gasteiger partial charge in [-0.3, -0.25) is 4.79 Å². The van der Waals surface area contributed by atoms with Crippen LogP contribution in [0, 0.1) is 11.6 Å². The van der Waals surface area contributed by atoms with Gasteiger partial charge in [-0.15, -0.1) is 0 Å². The highest BCUT2D eigenvalue weighted by molar-refractivity contribution is 6.36. The Hall–Kier alpha value is -0.810. The number of hydrogen-bond acceptors (Lipinski definition) is 1. The lowest BCUT2D eigenvalue weighted by Gasteiger charge is -2.07. The van der Waals surface area contributed by atoms with Crippen molar-refractivity contribution in [1.29, 1.82) is 0 Å². The first-order valence-electron chi connectivity index (χ1n) is 3.49. The molecule has 0 saturated carbocycles. The van der Waals surface area contributed by atoms with Gasteiger partial charge in [-0.25, -0.2) is 8.78 Å². The molecular formula is C8H2Cl2F4O. The van der Waals surface area contributed by atoms with Crippen LogP contribution < -0.4 is 0 Å². The van der Waals surface area contributed by atoms with Gasteiger partial charge >= 0.3 is 5.38 Å². The second kappa shape index (κ2) is 3.98. The maximum atomic E-state index is 12.7. The Morgan fingerprint density at radius 1 is 1.27 bits per heavy atom. The average molecular weight is 261 g/mol. The molecule has 1 aromatic rings. The van der Waals surface area contributed by atoms with Gasteiger partial charge in [-0.1, -0.05) is 11.6 Å². The fourth-order valence-electron chi connectivity index (χ4n) is 0.850. The minimum atomic E-state index is -4.17. The molecule has 0 atom stereocenters. The van der Waals surface area contributed by atoms with Gasteiger partial charge in [0.15, 0.2) is 11.6 Å². The molecule has 0 aliphatic carbocycles. The predicted molar refractivity (Wildman–Crippen MR) is 46.5 cm³/mol. The van der Waals surface area contributed by atoms with E-state index in [0.717, 1.165) is 0 Å². The Bertz CT molecular complexity index is 391. The number of carbonyl (C=O) groups excluding carboxylic acids is 1. The van der Waals surface area contributed by atoms with Gasteiger partial charge in [0.25, 0.3) is 0 Å². The first kappa shape index (κ1) is 12.3. The number of carbonyl (C=O) groups is 1. The van der Waals surface area contributed by atoms with Crippen molar-refractivity contribution in [3.63, 3.8) is 0 Å². The lowest BCUT2D eigenvalue weighted by molar-refractivity contribution is 0.0535. The first-order valence-corrected chi connectivity index (χ1v) is 4.25. The van der Waals surface area contributed by atoms with Crippen molar-refractivity contribution in [3.8, 4) is 0 Å². The molecular weight excluding hydrogens is 259 g/mol. The summed E-state index contributed by atoms with van der Waals surface area (Å²) in [4.78, 5) is 10.9. The van der Waals surface area contributed by atoms with E-state index in [-0.39, 0.29) is 0 Å². The molecule has 0 aromatic heterocycles. The molecule has 15 heavy (non-hydrogen) atoms. The zero-order valence-electron chi connectivity index (χ0n) is 6.83. The summed E-state index contributed by atoms with van der Waals surface area (Å²) in [5.74, 6) is -4.75. The van der Waals surface area contributed by atoms with Crippen molar-refractivity contribution in [1.82, 2.24) is 0 Å². The summed E-state index contributed by atoms with van der Waals surface area (Å²) < 4.78 is 50.0. The number of benzene rings is 1. The molecule has 0 spiro atoms. The van der Waals surface area contributed by atoms with E-state index in [2.05, 4.69) is 11.6 Å². The number of Topliss-reactive ketones (excluding diaryl/α,β-unsaturated/α-hetero) is 1. The Labute approximate surface area is 91.6 Å². The number of rotatable bonds is 2. The lowest BCUT2D eigenvalue weighted by Crippen LogP contribution is -2.21. The quantitative estimate of drug-likeness (QED) is 0.344. The zero-order chi connectivity index (χ0) is 11.8. The van der Waals surface area contributed by atoms with Crippen LogP contribution in [0.25, 0.3) is 0 Å². The van der Waals surface area contributed by atoms with Crippen LogP contribution in [0.2, 0.25) is 5.02 Å². The SMILES string of the molecule is O=C(c1cc(F)c(F)c(Cl)c1)C(F)(F)Cl. The molecule has 0 aliphatic rings. The summed E-state index contributed by atoms with van der Waals surface area (Å²) in [5, 5.41) is -4.94. The molecule has 0 amide bonds. The van der Waals surface area contributed by atoms with Crippen LogP contribution in [-0.4, -0.2) is 11.2 Å². The Balaban J connectivity index is 3.24. The van der Waals surface area contributed by atoms with Crippen molar-refractivity contribution in [2.45, 2.75) is 5.38 Å². The van der Waals surface area contributed by atoms with E-state index in [4.69, 9.17) is 11.6 Å². The van der Waals surface area contributed by atoms with Crippen molar-refractivity contribution >= 4 is 29.0 Å². The molecule has 1 rings (SSSR count). The molecule has 1 aromatic carbocycles. The zero-order valence-corrected chi connectivity index (χ0v) is 8.34. The van der Waals surface area contributed by atoms with E-state index in [1.165, 1.54) is 0 Å². The Morgan fingerprint density at radius 3 is 2.20 bits per heavy atom. The third kappa shape index (κ3) is 2.60. The number of ketones is 1. The molecule has 0 unspecified atom stereocenters. The summed E-state index contributed by atoms with van der Waals surface area (Å²) in [6.45, 7) is 0. The summed E-state index contributed by atoms with van der Waals surface area (Å²) in [6, 6.07) is 0.887. The van der Waals surface area contributed by atoms with Crippen LogP contribution in [0.5, 0.6) is 0 Å². The van der Waals surface area contributed by atoms with Crippen LogP contribution in [0.15, 0.2) is 12.1 Å². The molecule has 0 aliphatic heterocycles. The van der Waals surface area contributed by atoms with Gasteiger partial charge in [0.05, 0.1) is 5.02 Å². The summed E-state index contributed by atoms with van der Waals surface area (Å²) in [6.07, 6.45) is 0. The van der Waals surface area contributed by atoms with Gasteiger partial charge in [-0.2, -0.15) is 8.78 Å². The van der Waals surface area contributed by atoms with Gasteiger partial charge in [-0.05, 0) is 23.7 Å². The van der Waals surface area contributed by atoms with Crippen molar-refractivity contribution in [2.75, 3.05) is 0 Å². The highest BCUT2D eigenvalue weighted by atomic mass is 35.5. The predicted octanol–water partition coefficient (Wildman–Crippen LogP) is 3.63. The first-order chi connectivity index (χ1) is 6.73. The van der Waals surface area contributed by atoms with Crippen LogP contribution in [0.1, 0.15) is 10.4 Å². The van der Waals surface area contributed by atoms with Gasteiger partial charge in [0, 0.05) is 5.56 Å². The fraction of sp³-hybridized carbons (Fsp3) is 0.125. The number of halogens is 6. The highest BCUT2D eigenvalue weighted by Gasteiger charge is 2.37. The minimum absolute atomic E-state index is 0.305. The molecule has 1 nitrogen and oxygen atoms in total. The second-order valence-corrected chi connectivity index (χ2v) is 3.46. The topological polar surface area (TPSA) is 17.1 Å². The second-order valence-electron chi connectivity index (χ2n) is 2.58. The Morgan fingerprint density at radius 2 is 1.80 bits per heavy atom. The molecule has 0 radical (unpaired) electrons. The van der Waals surface area contributed by atoms with E-state index in [1.54, 1.807) is 0 Å². The number of alkyl halides is 3. The van der Waals surface area contributed by atoms with Crippen LogP contribution in [0.4, 0.5) is 17.6 Å². The smallest absolute Gasteiger partial charge is 0.286 e. The molecule has 0 fully saturated rings. The summed E-state index contributed by atoms with van der Waals surface area (Å²) >= 11 is 9.58. The summed E-state index contributed by atoms with van der Waals surface area (Å²) in [5.41, 5.74) is -0.793. The Kier molecular flexibility index (Phi) is 3.25. The molecule has 82 valence electrons. The number of hydrogen-bond donors (Lipinski definition) is 0. The van der Waals surface area contributed by atoms with Crippen molar-refractivity contribution in [2.24, 2.45) is 0 Å². The molecule has 0 N–H and O–H groups in total. The van der Waals surface area contributed by atoms with E-state index >= 15 is 0 Å². The van der Waals surface area contributed by atoms with Crippen LogP contribution in [0.3, 0.4) is 0 Å². The third-order valence-corrected chi connectivity index (χ3v) is 1.95. The monoisotopic (exact) mass is 260 g/mol. The maximum absolute atomic E-state index is 12.7. The lowest BCUT2D eigenvalue weighted by atomic mass is 10.1. The van der Waals surface area contributed by atoms with E-state index in [0.29, 0.717) is 12.1 Å². The summed E-state index contributed by atoms with van der Waals surface area (Å²) in [7, 11) is 0. The van der Waals surface area contributed by atoms with E-state index in [1.807, 2.05) is 0 Å². The van der Waals surface area contributed by atoms with E-state index < -0.39 is 33.4 Å². The fourth-order valence-corrected chi connectivity index (χ4v) is 1.17. The van der Waals surface area contributed by atoms with Crippen molar-refractivity contribution < 1.29 is 22.4 Å². The molecule has 0 saturated heterocycles. The largest absolute Gasteiger partial charge is 0.384 e. The van der Waals surface area contributed by atoms with Gasteiger partial charge in [0.2, 0.25) is 5.78 Å². The minimum Gasteiger partial charge on any atom is -0.286 e. The van der Waals surface area contributed by atoms with Crippen LogP contribution in [-0.2, 0) is 0 Å². The normalized spacial score (nSPS) is 11.6. The highest BCUT2D eigenvalue weighted by Crippen LogP contribution is 2.27. The van der Waals surface area contributed by atoms with Crippen molar-refractivity contribution in [3.05, 3.63) is 34.4 Å². The molecule has 7 heteroatoms.